The predicted octanol–water partition coefficient (Wildman–Crippen LogP) is 3.35. The number of aromatic nitrogens is 2. The molecular weight excluding hydrogens is 351 g/mol. The molecule has 136 valence electrons. The van der Waals surface area contributed by atoms with E-state index in [-0.39, 0.29) is 11.7 Å². The van der Waals surface area contributed by atoms with Crippen LogP contribution < -0.4 is 5.73 Å². The van der Waals surface area contributed by atoms with Crippen molar-refractivity contribution in [2.24, 2.45) is 11.7 Å². The van der Waals surface area contributed by atoms with Gasteiger partial charge in [0.2, 0.25) is 0 Å². The number of carbonyl (C=O) groups excluding carboxylic acids is 1. The number of hydrogen-bond donors (Lipinski definition) is 1. The van der Waals surface area contributed by atoms with Gasteiger partial charge in [0.1, 0.15) is 10.6 Å². The van der Waals surface area contributed by atoms with E-state index >= 15 is 0 Å². The van der Waals surface area contributed by atoms with Gasteiger partial charge in [-0.25, -0.2) is 9.07 Å². The second kappa shape index (κ2) is 6.81. The summed E-state index contributed by atoms with van der Waals surface area (Å²) in [6, 6.07) is 8.15. The van der Waals surface area contributed by atoms with Crippen LogP contribution in [0.2, 0.25) is 0 Å². The number of likely N-dealkylation sites (tertiary alicyclic amines) is 1. The number of nitrogens with two attached hydrogens (primary N) is 1. The molecule has 0 saturated carbocycles. The molecule has 3 heterocycles. The zero-order valence-corrected chi connectivity index (χ0v) is 15.4. The number of fused-ring (bicyclic) bond motifs is 1. The van der Waals surface area contributed by atoms with Crippen molar-refractivity contribution >= 4 is 27.5 Å². The van der Waals surface area contributed by atoms with Crippen LogP contribution in [0.1, 0.15) is 28.2 Å². The standard InChI is InChI=1S/C19H21FN4OS/c1-12-16-10-17(18(25)23-8-6-13(11-21)7-9-23)26-19(16)24(22-12)15-4-2-14(20)3-5-15/h2-5,10,13H,6-9,11,21H2,1H3. The molecule has 1 aromatic carbocycles. The van der Waals surface area contributed by atoms with Crippen LogP contribution in [-0.4, -0.2) is 40.2 Å². The van der Waals surface area contributed by atoms with Gasteiger partial charge in [0, 0.05) is 18.5 Å². The second-order valence-corrected chi connectivity index (χ2v) is 7.81. The number of hydrogen-bond acceptors (Lipinski definition) is 4. The number of benzene rings is 1. The van der Waals surface area contributed by atoms with Gasteiger partial charge in [-0.3, -0.25) is 4.79 Å². The van der Waals surface area contributed by atoms with Gasteiger partial charge in [-0.1, -0.05) is 0 Å². The fraction of sp³-hybridized carbons (Fsp3) is 0.368. The molecule has 0 bridgehead atoms. The maximum absolute atomic E-state index is 13.2. The minimum atomic E-state index is -0.281. The van der Waals surface area contributed by atoms with Crippen LogP contribution in [0, 0.1) is 18.7 Å². The highest BCUT2D eigenvalue weighted by molar-refractivity contribution is 7.20. The quantitative estimate of drug-likeness (QED) is 0.767. The first kappa shape index (κ1) is 17.2. The first-order chi connectivity index (χ1) is 12.6. The molecule has 1 fully saturated rings. The van der Waals surface area contributed by atoms with Gasteiger partial charge in [-0.2, -0.15) is 5.10 Å². The first-order valence-corrected chi connectivity index (χ1v) is 9.63. The molecule has 3 aromatic rings. The van der Waals surface area contributed by atoms with Crippen LogP contribution in [0.4, 0.5) is 4.39 Å². The summed E-state index contributed by atoms with van der Waals surface area (Å²) < 4.78 is 15.0. The van der Waals surface area contributed by atoms with Crippen molar-refractivity contribution in [3.63, 3.8) is 0 Å². The Kier molecular flexibility index (Phi) is 4.50. The lowest BCUT2D eigenvalue weighted by Crippen LogP contribution is -2.39. The smallest absolute Gasteiger partial charge is 0.264 e. The van der Waals surface area contributed by atoms with E-state index in [1.165, 1.54) is 23.5 Å². The molecule has 4 rings (SSSR count). The Labute approximate surface area is 155 Å². The Morgan fingerprint density at radius 1 is 1.31 bits per heavy atom. The number of amides is 1. The summed E-state index contributed by atoms with van der Waals surface area (Å²) in [5.74, 6) is 0.319. The SMILES string of the molecule is Cc1nn(-c2ccc(F)cc2)c2sc(C(=O)N3CCC(CN)CC3)cc12. The highest BCUT2D eigenvalue weighted by Gasteiger charge is 2.25. The second-order valence-electron chi connectivity index (χ2n) is 6.77. The van der Waals surface area contributed by atoms with E-state index < -0.39 is 0 Å². The Hall–Kier alpha value is -2.25. The Balaban J connectivity index is 1.65. The molecule has 1 amide bonds. The lowest BCUT2D eigenvalue weighted by atomic mass is 9.97. The maximum atomic E-state index is 13.2. The molecule has 5 nitrogen and oxygen atoms in total. The summed E-state index contributed by atoms with van der Waals surface area (Å²) in [5, 5.41) is 5.52. The molecule has 0 atom stereocenters. The van der Waals surface area contributed by atoms with Crippen LogP contribution >= 0.6 is 11.3 Å². The minimum Gasteiger partial charge on any atom is -0.338 e. The fourth-order valence-corrected chi connectivity index (χ4v) is 4.59. The molecule has 1 aliphatic rings. The van der Waals surface area contributed by atoms with Gasteiger partial charge in [-0.15, -0.1) is 11.3 Å². The number of carbonyl (C=O) groups is 1. The molecule has 2 N–H and O–H groups in total. The third kappa shape index (κ3) is 3.01. The molecule has 0 unspecified atom stereocenters. The van der Waals surface area contributed by atoms with Crippen LogP contribution in [-0.2, 0) is 0 Å². The third-order valence-corrected chi connectivity index (χ3v) is 6.16. The monoisotopic (exact) mass is 372 g/mol. The number of nitrogens with zero attached hydrogens (tertiary/aromatic N) is 3. The van der Waals surface area contributed by atoms with E-state index in [0.717, 1.165) is 52.4 Å². The third-order valence-electron chi connectivity index (χ3n) is 5.06. The molecule has 1 aliphatic heterocycles. The molecule has 7 heteroatoms. The molecule has 0 radical (unpaired) electrons. The Bertz CT molecular complexity index is 939. The summed E-state index contributed by atoms with van der Waals surface area (Å²) >= 11 is 1.44. The normalized spacial score (nSPS) is 15.7. The van der Waals surface area contributed by atoms with Crippen LogP contribution in [0.25, 0.3) is 15.9 Å². The zero-order valence-electron chi connectivity index (χ0n) is 14.6. The Morgan fingerprint density at radius 3 is 2.65 bits per heavy atom. The van der Waals surface area contributed by atoms with Gasteiger partial charge in [-0.05, 0) is 62.6 Å². The zero-order chi connectivity index (χ0) is 18.3. The van der Waals surface area contributed by atoms with Crippen molar-refractivity contribution in [2.75, 3.05) is 19.6 Å². The van der Waals surface area contributed by atoms with Gasteiger partial charge in [0.25, 0.3) is 5.91 Å². The highest BCUT2D eigenvalue weighted by Crippen LogP contribution is 2.32. The molecular formula is C19H21FN4OS. The number of rotatable bonds is 3. The number of piperidine rings is 1. The summed E-state index contributed by atoms with van der Waals surface area (Å²) in [6.45, 7) is 4.14. The van der Waals surface area contributed by atoms with Crippen LogP contribution in [0.15, 0.2) is 30.3 Å². The number of aryl methyl sites for hydroxylation is 1. The summed E-state index contributed by atoms with van der Waals surface area (Å²) in [6.07, 6.45) is 1.94. The van der Waals surface area contributed by atoms with Crippen molar-refractivity contribution in [2.45, 2.75) is 19.8 Å². The molecule has 1 saturated heterocycles. The van der Waals surface area contributed by atoms with Gasteiger partial charge < -0.3 is 10.6 Å². The topological polar surface area (TPSA) is 64.2 Å². The van der Waals surface area contributed by atoms with Gasteiger partial charge in [0.15, 0.2) is 0 Å². The highest BCUT2D eigenvalue weighted by atomic mass is 32.1. The van der Waals surface area contributed by atoms with Crippen molar-refractivity contribution in [1.29, 1.82) is 0 Å². The Morgan fingerprint density at radius 2 is 2.00 bits per heavy atom. The first-order valence-electron chi connectivity index (χ1n) is 8.81. The van der Waals surface area contributed by atoms with Gasteiger partial charge >= 0.3 is 0 Å². The van der Waals surface area contributed by atoms with Crippen molar-refractivity contribution in [1.82, 2.24) is 14.7 Å². The molecule has 0 aliphatic carbocycles. The molecule has 0 spiro atoms. The fourth-order valence-electron chi connectivity index (χ4n) is 3.44. The molecule has 26 heavy (non-hydrogen) atoms. The largest absolute Gasteiger partial charge is 0.338 e. The van der Waals surface area contributed by atoms with E-state index in [0.29, 0.717) is 12.5 Å². The van der Waals surface area contributed by atoms with E-state index in [4.69, 9.17) is 5.73 Å². The van der Waals surface area contributed by atoms with E-state index in [9.17, 15) is 9.18 Å². The maximum Gasteiger partial charge on any atom is 0.264 e. The summed E-state index contributed by atoms with van der Waals surface area (Å²) in [4.78, 5) is 16.4. The van der Waals surface area contributed by atoms with Crippen LogP contribution in [0.3, 0.4) is 0 Å². The summed E-state index contributed by atoms with van der Waals surface area (Å²) in [5.41, 5.74) is 7.39. The average Bonchev–Trinajstić information content (AvgIpc) is 3.23. The summed E-state index contributed by atoms with van der Waals surface area (Å²) in [7, 11) is 0. The molecule has 2 aromatic heterocycles. The van der Waals surface area contributed by atoms with Crippen molar-refractivity contribution in [3.8, 4) is 5.69 Å². The average molecular weight is 372 g/mol. The minimum absolute atomic E-state index is 0.0757. The number of halogens is 1. The predicted molar refractivity (Wildman–Crippen MR) is 101 cm³/mol. The van der Waals surface area contributed by atoms with Gasteiger partial charge in [0.05, 0.1) is 16.3 Å². The van der Waals surface area contributed by atoms with Crippen LogP contribution in [0.5, 0.6) is 0 Å². The lowest BCUT2D eigenvalue weighted by molar-refractivity contribution is 0.0698. The van der Waals surface area contributed by atoms with E-state index in [2.05, 4.69) is 5.10 Å². The van der Waals surface area contributed by atoms with E-state index in [1.54, 1.807) is 16.8 Å². The lowest BCUT2D eigenvalue weighted by Gasteiger charge is -2.31. The van der Waals surface area contributed by atoms with Crippen molar-refractivity contribution in [3.05, 3.63) is 46.7 Å². The van der Waals surface area contributed by atoms with E-state index in [1.807, 2.05) is 17.9 Å². The number of thiophene rings is 1. The van der Waals surface area contributed by atoms with Crippen molar-refractivity contribution < 1.29 is 9.18 Å².